The standard InChI is InChI=1S/C20H17N5O3/c1-12-5-6-13(18-23-20(28-24-18)14-10-27-11-14)8-15(12)22-19(26)16-9-21-17-4-2-3-7-25(16)17/h2-9,14H,10-11H2,1H3,(H,22,26). The predicted molar refractivity (Wildman–Crippen MR) is 101 cm³/mol. The van der Waals surface area contributed by atoms with E-state index in [1.54, 1.807) is 10.6 Å². The molecule has 0 bridgehead atoms. The number of hydrogen-bond acceptors (Lipinski definition) is 6. The third-order valence-corrected chi connectivity index (χ3v) is 4.82. The zero-order valence-electron chi connectivity index (χ0n) is 15.1. The van der Waals surface area contributed by atoms with Gasteiger partial charge in [-0.3, -0.25) is 9.20 Å². The number of aromatic nitrogens is 4. The molecular weight excluding hydrogens is 358 g/mol. The van der Waals surface area contributed by atoms with Crippen molar-refractivity contribution in [1.82, 2.24) is 19.5 Å². The van der Waals surface area contributed by atoms with Gasteiger partial charge in [-0.25, -0.2) is 4.98 Å². The maximum absolute atomic E-state index is 12.8. The first kappa shape index (κ1) is 16.6. The van der Waals surface area contributed by atoms with Gasteiger partial charge in [-0.2, -0.15) is 4.98 Å². The number of benzene rings is 1. The molecule has 0 radical (unpaired) electrons. The monoisotopic (exact) mass is 375 g/mol. The minimum Gasteiger partial charge on any atom is -0.380 e. The van der Waals surface area contributed by atoms with Crippen molar-refractivity contribution in [3.05, 3.63) is 65.9 Å². The summed E-state index contributed by atoms with van der Waals surface area (Å²) in [4.78, 5) is 21.5. The minimum atomic E-state index is -0.237. The number of hydrogen-bond donors (Lipinski definition) is 1. The molecule has 0 spiro atoms. The molecule has 3 aromatic heterocycles. The lowest BCUT2D eigenvalue weighted by molar-refractivity contribution is -0.00445. The van der Waals surface area contributed by atoms with Crippen LogP contribution in [0.5, 0.6) is 0 Å². The van der Waals surface area contributed by atoms with Crippen molar-refractivity contribution in [3.63, 3.8) is 0 Å². The van der Waals surface area contributed by atoms with Crippen LogP contribution in [0.2, 0.25) is 0 Å². The Bertz CT molecular complexity index is 1180. The molecule has 28 heavy (non-hydrogen) atoms. The summed E-state index contributed by atoms with van der Waals surface area (Å²) in [5, 5.41) is 7.02. The van der Waals surface area contributed by atoms with Crippen molar-refractivity contribution >= 4 is 17.2 Å². The molecule has 8 nitrogen and oxygen atoms in total. The van der Waals surface area contributed by atoms with Gasteiger partial charge in [0.15, 0.2) is 0 Å². The number of carbonyl (C=O) groups excluding carboxylic acids is 1. The van der Waals surface area contributed by atoms with Gasteiger partial charge in [0.2, 0.25) is 11.7 Å². The van der Waals surface area contributed by atoms with Crippen LogP contribution >= 0.6 is 0 Å². The molecule has 1 aromatic carbocycles. The lowest BCUT2D eigenvalue weighted by Gasteiger charge is -2.21. The second-order valence-electron chi connectivity index (χ2n) is 6.75. The van der Waals surface area contributed by atoms with Crippen molar-refractivity contribution in [3.8, 4) is 11.4 Å². The number of amides is 1. The molecule has 0 atom stereocenters. The molecule has 140 valence electrons. The second-order valence-corrected chi connectivity index (χ2v) is 6.75. The van der Waals surface area contributed by atoms with Crippen molar-refractivity contribution < 1.29 is 14.1 Å². The molecule has 1 N–H and O–H groups in total. The van der Waals surface area contributed by atoms with E-state index in [-0.39, 0.29) is 11.8 Å². The number of nitrogens with one attached hydrogen (secondary N) is 1. The van der Waals surface area contributed by atoms with Gasteiger partial charge >= 0.3 is 0 Å². The van der Waals surface area contributed by atoms with Gasteiger partial charge in [-0.15, -0.1) is 0 Å². The highest BCUT2D eigenvalue weighted by atomic mass is 16.5. The van der Waals surface area contributed by atoms with Gasteiger partial charge in [0, 0.05) is 17.4 Å². The summed E-state index contributed by atoms with van der Waals surface area (Å²) in [6, 6.07) is 11.3. The number of anilines is 1. The second kappa shape index (κ2) is 6.58. The first-order chi connectivity index (χ1) is 13.7. The Morgan fingerprint density at radius 2 is 2.14 bits per heavy atom. The summed E-state index contributed by atoms with van der Waals surface area (Å²) in [7, 11) is 0. The van der Waals surface area contributed by atoms with Crippen LogP contribution in [-0.4, -0.2) is 38.6 Å². The Labute approximate surface area is 160 Å². The van der Waals surface area contributed by atoms with Crippen LogP contribution in [0.3, 0.4) is 0 Å². The Hall–Kier alpha value is -3.52. The smallest absolute Gasteiger partial charge is 0.274 e. The molecule has 4 aromatic rings. The third kappa shape index (κ3) is 2.84. The highest BCUT2D eigenvalue weighted by Crippen LogP contribution is 2.27. The molecule has 1 fully saturated rings. The lowest BCUT2D eigenvalue weighted by atomic mass is 10.1. The van der Waals surface area contributed by atoms with E-state index in [1.807, 2.05) is 49.5 Å². The topological polar surface area (TPSA) is 94.5 Å². The SMILES string of the molecule is Cc1ccc(-c2noc(C3COC3)n2)cc1NC(=O)c1cnc2ccccn12. The van der Waals surface area contributed by atoms with E-state index in [2.05, 4.69) is 20.4 Å². The summed E-state index contributed by atoms with van der Waals surface area (Å²) in [5.74, 6) is 1.01. The van der Waals surface area contributed by atoms with Crippen LogP contribution in [0.15, 0.2) is 53.3 Å². The number of fused-ring (bicyclic) bond motifs is 1. The van der Waals surface area contributed by atoms with E-state index in [1.165, 1.54) is 0 Å². The Balaban J connectivity index is 1.43. The molecule has 0 unspecified atom stereocenters. The molecule has 5 rings (SSSR count). The van der Waals surface area contributed by atoms with Gasteiger partial charge in [0.1, 0.15) is 11.3 Å². The van der Waals surface area contributed by atoms with Crippen molar-refractivity contribution in [2.24, 2.45) is 0 Å². The van der Waals surface area contributed by atoms with E-state index < -0.39 is 0 Å². The number of nitrogens with zero attached hydrogens (tertiary/aromatic N) is 4. The predicted octanol–water partition coefficient (Wildman–Crippen LogP) is 3.06. The summed E-state index contributed by atoms with van der Waals surface area (Å²) in [6.45, 7) is 3.15. The molecule has 4 heterocycles. The van der Waals surface area contributed by atoms with Crippen LogP contribution in [0.25, 0.3) is 17.0 Å². The highest BCUT2D eigenvalue weighted by Gasteiger charge is 2.27. The molecule has 1 aliphatic rings. The Morgan fingerprint density at radius 1 is 1.25 bits per heavy atom. The normalized spacial score (nSPS) is 14.2. The van der Waals surface area contributed by atoms with Crippen molar-refractivity contribution in [2.45, 2.75) is 12.8 Å². The summed E-state index contributed by atoms with van der Waals surface area (Å²) in [6.07, 6.45) is 3.38. The Morgan fingerprint density at radius 3 is 2.96 bits per heavy atom. The third-order valence-electron chi connectivity index (χ3n) is 4.82. The van der Waals surface area contributed by atoms with Crippen molar-refractivity contribution in [2.75, 3.05) is 18.5 Å². The zero-order chi connectivity index (χ0) is 19.1. The average molecular weight is 375 g/mol. The highest BCUT2D eigenvalue weighted by molar-refractivity contribution is 6.04. The molecule has 1 amide bonds. The van der Waals surface area contributed by atoms with Gasteiger partial charge in [0.25, 0.3) is 5.91 Å². The van der Waals surface area contributed by atoms with Crippen LogP contribution in [0, 0.1) is 6.92 Å². The van der Waals surface area contributed by atoms with E-state index in [4.69, 9.17) is 9.26 Å². The summed E-state index contributed by atoms with van der Waals surface area (Å²) >= 11 is 0. The molecule has 1 aliphatic heterocycles. The molecule has 8 heteroatoms. The fourth-order valence-corrected chi connectivity index (χ4v) is 3.08. The van der Waals surface area contributed by atoms with E-state index in [0.717, 1.165) is 16.8 Å². The van der Waals surface area contributed by atoms with Crippen LogP contribution < -0.4 is 5.32 Å². The summed E-state index contributed by atoms with van der Waals surface area (Å²) < 4.78 is 12.3. The van der Waals surface area contributed by atoms with Gasteiger partial charge in [-0.1, -0.05) is 23.4 Å². The Kier molecular flexibility index (Phi) is 3.91. The first-order valence-corrected chi connectivity index (χ1v) is 8.95. The van der Waals surface area contributed by atoms with E-state index in [9.17, 15) is 4.79 Å². The average Bonchev–Trinajstić information content (AvgIpc) is 3.29. The van der Waals surface area contributed by atoms with Crippen molar-refractivity contribution in [1.29, 1.82) is 0 Å². The zero-order valence-corrected chi connectivity index (χ0v) is 15.1. The molecule has 1 saturated heterocycles. The van der Waals surface area contributed by atoms with Crippen LogP contribution in [-0.2, 0) is 4.74 Å². The maximum Gasteiger partial charge on any atom is 0.274 e. The molecule has 0 saturated carbocycles. The fourth-order valence-electron chi connectivity index (χ4n) is 3.08. The van der Waals surface area contributed by atoms with E-state index in [0.29, 0.717) is 36.3 Å². The lowest BCUT2D eigenvalue weighted by Crippen LogP contribution is -2.25. The molecule has 0 aliphatic carbocycles. The van der Waals surface area contributed by atoms with Gasteiger partial charge in [0.05, 0.1) is 25.3 Å². The van der Waals surface area contributed by atoms with E-state index >= 15 is 0 Å². The van der Waals surface area contributed by atoms with Crippen LogP contribution in [0.4, 0.5) is 5.69 Å². The van der Waals surface area contributed by atoms with Gasteiger partial charge < -0.3 is 14.6 Å². The number of carbonyl (C=O) groups is 1. The largest absolute Gasteiger partial charge is 0.380 e. The minimum absolute atomic E-state index is 0.168. The quantitative estimate of drug-likeness (QED) is 0.589. The number of pyridine rings is 1. The van der Waals surface area contributed by atoms with Crippen LogP contribution in [0.1, 0.15) is 27.9 Å². The van der Waals surface area contributed by atoms with Gasteiger partial charge in [-0.05, 0) is 30.7 Å². The maximum atomic E-state index is 12.8. The number of imidazole rings is 1. The number of ether oxygens (including phenoxy) is 1. The number of aryl methyl sites for hydroxylation is 1. The fraction of sp³-hybridized carbons (Fsp3) is 0.200. The molecular formula is C20H17N5O3. The summed E-state index contributed by atoms with van der Waals surface area (Å²) in [5.41, 5.74) is 3.58. The first-order valence-electron chi connectivity index (χ1n) is 8.95. The number of rotatable bonds is 4.